The Balaban J connectivity index is 1.41. The van der Waals surface area contributed by atoms with Crippen molar-refractivity contribution in [3.63, 3.8) is 0 Å². The zero-order chi connectivity index (χ0) is 19.5. The van der Waals surface area contributed by atoms with E-state index in [0.29, 0.717) is 23.3 Å². The van der Waals surface area contributed by atoms with Gasteiger partial charge in [-0.2, -0.15) is 4.98 Å². The molecule has 1 fully saturated rings. The van der Waals surface area contributed by atoms with Gasteiger partial charge in [0, 0.05) is 18.7 Å². The van der Waals surface area contributed by atoms with Crippen molar-refractivity contribution < 1.29 is 9.32 Å². The van der Waals surface area contributed by atoms with Gasteiger partial charge in [-0.05, 0) is 47.9 Å². The highest BCUT2D eigenvalue weighted by molar-refractivity contribution is 5.90. The Bertz CT molecular complexity index is 946. The number of urea groups is 1. The number of nitrogens with zero attached hydrogens (tertiary/aromatic N) is 7. The number of carbonyl (C=O) groups excluding carboxylic acids is 1. The lowest BCUT2D eigenvalue weighted by atomic mass is 10.1. The number of carbonyl (C=O) groups is 1. The minimum absolute atomic E-state index is 0.260. The maximum atomic E-state index is 12.6. The first kappa shape index (κ1) is 18.1. The molecule has 0 bridgehead atoms. The SMILES string of the molecule is Cc1ccc(-n2cnnn2)cc1NC(=O)N(C)Cc1noc(C2CCCC2)n1. The van der Waals surface area contributed by atoms with Crippen molar-refractivity contribution in [3.05, 3.63) is 41.8 Å². The summed E-state index contributed by atoms with van der Waals surface area (Å²) in [6.07, 6.45) is 6.09. The number of anilines is 1. The molecule has 0 unspecified atom stereocenters. The highest BCUT2D eigenvalue weighted by atomic mass is 16.5. The fourth-order valence-electron chi connectivity index (χ4n) is 3.33. The molecule has 0 aliphatic heterocycles. The van der Waals surface area contributed by atoms with Crippen LogP contribution in [-0.2, 0) is 6.54 Å². The van der Waals surface area contributed by atoms with Gasteiger partial charge in [-0.1, -0.05) is 24.1 Å². The van der Waals surface area contributed by atoms with E-state index in [2.05, 4.69) is 31.0 Å². The second-order valence-electron chi connectivity index (χ2n) is 7.07. The second kappa shape index (κ2) is 7.75. The number of benzene rings is 1. The zero-order valence-corrected chi connectivity index (χ0v) is 15.9. The molecule has 1 saturated carbocycles. The van der Waals surface area contributed by atoms with Crippen LogP contribution < -0.4 is 5.32 Å². The molecule has 28 heavy (non-hydrogen) atoms. The van der Waals surface area contributed by atoms with Gasteiger partial charge < -0.3 is 14.7 Å². The lowest BCUT2D eigenvalue weighted by Crippen LogP contribution is -2.31. The average molecular weight is 382 g/mol. The summed E-state index contributed by atoms with van der Waals surface area (Å²) >= 11 is 0. The van der Waals surface area contributed by atoms with Crippen LogP contribution in [0.2, 0.25) is 0 Å². The summed E-state index contributed by atoms with van der Waals surface area (Å²) in [6.45, 7) is 2.19. The molecule has 0 spiro atoms. The van der Waals surface area contributed by atoms with Gasteiger partial charge in [0.25, 0.3) is 0 Å². The summed E-state index contributed by atoms with van der Waals surface area (Å²) in [7, 11) is 1.70. The van der Waals surface area contributed by atoms with Crippen LogP contribution in [-0.4, -0.2) is 48.3 Å². The molecule has 10 heteroatoms. The summed E-state index contributed by atoms with van der Waals surface area (Å²) in [4.78, 5) is 18.6. The first-order valence-corrected chi connectivity index (χ1v) is 9.29. The molecule has 0 radical (unpaired) electrons. The molecule has 1 aromatic carbocycles. The van der Waals surface area contributed by atoms with Crippen LogP contribution in [0.5, 0.6) is 0 Å². The maximum absolute atomic E-state index is 12.6. The molecule has 4 rings (SSSR count). The number of aryl methyl sites for hydroxylation is 1. The number of amides is 2. The van der Waals surface area contributed by atoms with Crippen molar-refractivity contribution in [3.8, 4) is 5.69 Å². The number of aromatic nitrogens is 6. The van der Waals surface area contributed by atoms with Crippen LogP contribution in [0.1, 0.15) is 48.9 Å². The van der Waals surface area contributed by atoms with Crippen LogP contribution in [0.3, 0.4) is 0 Å². The quantitative estimate of drug-likeness (QED) is 0.721. The smallest absolute Gasteiger partial charge is 0.322 e. The lowest BCUT2D eigenvalue weighted by molar-refractivity contribution is 0.219. The van der Waals surface area contributed by atoms with Gasteiger partial charge in [0.1, 0.15) is 6.33 Å². The minimum atomic E-state index is -0.260. The number of hydrogen-bond acceptors (Lipinski definition) is 7. The van der Waals surface area contributed by atoms with E-state index in [-0.39, 0.29) is 12.6 Å². The molecule has 3 aromatic rings. The fraction of sp³-hybridized carbons (Fsp3) is 0.444. The van der Waals surface area contributed by atoms with E-state index in [1.54, 1.807) is 7.05 Å². The number of tetrazole rings is 1. The molecule has 2 amide bonds. The largest absolute Gasteiger partial charge is 0.339 e. The summed E-state index contributed by atoms with van der Waals surface area (Å²) in [5.41, 5.74) is 2.37. The van der Waals surface area contributed by atoms with Crippen molar-refractivity contribution >= 4 is 11.7 Å². The van der Waals surface area contributed by atoms with Gasteiger partial charge in [-0.25, -0.2) is 9.48 Å². The van der Waals surface area contributed by atoms with Crippen molar-refractivity contribution in [2.75, 3.05) is 12.4 Å². The van der Waals surface area contributed by atoms with Gasteiger partial charge in [-0.15, -0.1) is 5.10 Å². The normalized spacial score (nSPS) is 14.4. The van der Waals surface area contributed by atoms with Crippen LogP contribution in [0.25, 0.3) is 5.69 Å². The number of nitrogens with one attached hydrogen (secondary N) is 1. The van der Waals surface area contributed by atoms with E-state index in [1.807, 2.05) is 25.1 Å². The molecule has 0 saturated heterocycles. The molecule has 1 aliphatic rings. The minimum Gasteiger partial charge on any atom is -0.339 e. The van der Waals surface area contributed by atoms with Crippen molar-refractivity contribution in [2.24, 2.45) is 0 Å². The topological polar surface area (TPSA) is 115 Å². The van der Waals surface area contributed by atoms with Crippen molar-refractivity contribution in [1.29, 1.82) is 0 Å². The molecule has 1 N–H and O–H groups in total. The van der Waals surface area contributed by atoms with E-state index in [9.17, 15) is 4.79 Å². The molecule has 146 valence electrons. The molecular formula is C18H22N8O2. The van der Waals surface area contributed by atoms with Gasteiger partial charge in [0.05, 0.1) is 12.2 Å². The van der Waals surface area contributed by atoms with E-state index >= 15 is 0 Å². The molecule has 1 aliphatic carbocycles. The Morgan fingerprint density at radius 1 is 1.36 bits per heavy atom. The Labute approximate surface area is 161 Å². The van der Waals surface area contributed by atoms with Crippen LogP contribution >= 0.6 is 0 Å². The van der Waals surface area contributed by atoms with E-state index in [0.717, 1.165) is 24.1 Å². The monoisotopic (exact) mass is 382 g/mol. The van der Waals surface area contributed by atoms with Crippen LogP contribution in [0.4, 0.5) is 10.5 Å². The number of hydrogen-bond donors (Lipinski definition) is 1. The van der Waals surface area contributed by atoms with Crippen LogP contribution in [0.15, 0.2) is 29.0 Å². The van der Waals surface area contributed by atoms with Crippen molar-refractivity contribution in [2.45, 2.75) is 45.1 Å². The summed E-state index contributed by atoms with van der Waals surface area (Å²) in [6, 6.07) is 5.35. The standard InChI is InChI=1S/C18H22N8O2/c1-12-7-8-14(26-11-19-23-24-26)9-15(12)20-18(27)25(2)10-16-21-17(28-22-16)13-5-3-4-6-13/h7-9,11,13H,3-6,10H2,1-2H3,(H,20,27). The molecular weight excluding hydrogens is 360 g/mol. The predicted molar refractivity (Wildman–Crippen MR) is 99.9 cm³/mol. The Kier molecular flexibility index (Phi) is 5.00. The average Bonchev–Trinajstić information content (AvgIpc) is 3.45. The Morgan fingerprint density at radius 3 is 2.93 bits per heavy atom. The third-order valence-corrected chi connectivity index (χ3v) is 4.99. The van der Waals surface area contributed by atoms with E-state index < -0.39 is 0 Å². The first-order valence-electron chi connectivity index (χ1n) is 9.29. The summed E-state index contributed by atoms with van der Waals surface area (Å²) in [5, 5.41) is 18.1. The summed E-state index contributed by atoms with van der Waals surface area (Å²) < 4.78 is 6.91. The lowest BCUT2D eigenvalue weighted by Gasteiger charge is -2.17. The third-order valence-electron chi connectivity index (χ3n) is 4.99. The number of rotatable bonds is 5. The molecule has 2 heterocycles. The van der Waals surface area contributed by atoms with Crippen molar-refractivity contribution in [1.82, 2.24) is 35.2 Å². The van der Waals surface area contributed by atoms with Gasteiger partial charge in [0.2, 0.25) is 5.89 Å². The zero-order valence-electron chi connectivity index (χ0n) is 15.9. The Hall–Kier alpha value is -3.30. The highest BCUT2D eigenvalue weighted by Gasteiger charge is 2.23. The maximum Gasteiger partial charge on any atom is 0.322 e. The van der Waals surface area contributed by atoms with Gasteiger partial charge >= 0.3 is 6.03 Å². The molecule has 0 atom stereocenters. The van der Waals surface area contributed by atoms with Gasteiger partial charge in [0.15, 0.2) is 5.82 Å². The molecule has 2 aromatic heterocycles. The Morgan fingerprint density at radius 2 is 2.18 bits per heavy atom. The van der Waals surface area contributed by atoms with E-state index in [1.165, 1.54) is 28.8 Å². The highest BCUT2D eigenvalue weighted by Crippen LogP contribution is 2.32. The fourth-order valence-corrected chi connectivity index (χ4v) is 3.33. The van der Waals surface area contributed by atoms with Crippen LogP contribution in [0, 0.1) is 6.92 Å². The van der Waals surface area contributed by atoms with Gasteiger partial charge in [-0.3, -0.25) is 0 Å². The molecule has 10 nitrogen and oxygen atoms in total. The van der Waals surface area contributed by atoms with E-state index in [4.69, 9.17) is 4.52 Å². The third kappa shape index (κ3) is 3.85. The summed E-state index contributed by atoms with van der Waals surface area (Å²) in [5.74, 6) is 1.56. The first-order chi connectivity index (χ1) is 13.6. The predicted octanol–water partition coefficient (Wildman–Crippen LogP) is 2.68. The second-order valence-corrected chi connectivity index (χ2v) is 7.07.